The highest BCUT2D eigenvalue weighted by molar-refractivity contribution is 5.68. The number of hydrogen-bond acceptors (Lipinski definition) is 5. The highest BCUT2D eigenvalue weighted by Gasteiger charge is 2.60. The number of ether oxygens (including phenoxy) is 2. The van der Waals surface area contributed by atoms with Crippen molar-refractivity contribution in [2.45, 2.75) is 44.4 Å². The Hall–Kier alpha value is -2.65. The summed E-state index contributed by atoms with van der Waals surface area (Å²) < 4.78 is 85.5. The van der Waals surface area contributed by atoms with Gasteiger partial charge in [-0.25, -0.2) is 4.79 Å². The molecule has 6 nitrogen and oxygen atoms in total. The van der Waals surface area contributed by atoms with Crippen LogP contribution in [-0.4, -0.2) is 86.3 Å². The van der Waals surface area contributed by atoms with Gasteiger partial charge in [0.05, 0.1) is 6.10 Å². The number of carbonyl (C=O) groups is 1. The third kappa shape index (κ3) is 7.18. The number of benzene rings is 1. The maximum atomic E-state index is 12.7. The Morgan fingerprint density at radius 1 is 1.11 bits per heavy atom. The number of piperazine rings is 1. The molecule has 0 saturated carbocycles. The van der Waals surface area contributed by atoms with E-state index in [-0.39, 0.29) is 38.9 Å². The van der Waals surface area contributed by atoms with Crippen LogP contribution in [0.1, 0.15) is 17.5 Å². The van der Waals surface area contributed by atoms with Gasteiger partial charge in [0.1, 0.15) is 6.61 Å². The van der Waals surface area contributed by atoms with Crippen molar-refractivity contribution in [1.29, 1.82) is 0 Å². The van der Waals surface area contributed by atoms with Gasteiger partial charge in [-0.1, -0.05) is 18.1 Å². The van der Waals surface area contributed by atoms with Crippen molar-refractivity contribution in [2.24, 2.45) is 0 Å². The van der Waals surface area contributed by atoms with Gasteiger partial charge < -0.3 is 19.3 Å². The fourth-order valence-electron chi connectivity index (χ4n) is 4.17. The van der Waals surface area contributed by atoms with Crippen LogP contribution in [0.4, 0.5) is 36.8 Å². The Balaban J connectivity index is 1.59. The lowest BCUT2D eigenvalue weighted by Gasteiger charge is -2.36. The fraction of sp³-hybridized carbons (Fsp3) is 0.609. The van der Waals surface area contributed by atoms with Gasteiger partial charge in [-0.15, -0.1) is 6.42 Å². The highest BCUT2D eigenvalue weighted by Crippen LogP contribution is 2.36. The van der Waals surface area contributed by atoms with Crippen molar-refractivity contribution >= 4 is 11.8 Å². The molecule has 0 bridgehead atoms. The van der Waals surface area contributed by atoms with Crippen LogP contribution in [0.5, 0.6) is 0 Å². The summed E-state index contributed by atoms with van der Waals surface area (Å²) in [6.45, 7) is 4.69. The van der Waals surface area contributed by atoms with Gasteiger partial charge in [-0.05, 0) is 30.5 Å². The number of nitrogens with zero attached hydrogens (tertiary/aromatic N) is 3. The Bertz CT molecular complexity index is 909. The number of aryl methyl sites for hydroxylation is 1. The largest absolute Gasteiger partial charge is 0.434 e. The summed E-state index contributed by atoms with van der Waals surface area (Å²) in [5.74, 6) is 2.46. The Morgan fingerprint density at radius 2 is 1.77 bits per heavy atom. The van der Waals surface area contributed by atoms with E-state index in [1.54, 1.807) is 0 Å². The molecule has 194 valence electrons. The van der Waals surface area contributed by atoms with E-state index >= 15 is 0 Å². The molecule has 2 heterocycles. The van der Waals surface area contributed by atoms with Crippen LogP contribution in [0.25, 0.3) is 0 Å². The quantitative estimate of drug-likeness (QED) is 0.431. The normalized spacial score (nSPS) is 19.8. The van der Waals surface area contributed by atoms with Crippen molar-refractivity contribution in [3.05, 3.63) is 29.3 Å². The van der Waals surface area contributed by atoms with Gasteiger partial charge in [-0.2, -0.15) is 26.3 Å². The first-order valence-corrected chi connectivity index (χ1v) is 11.1. The minimum Gasteiger partial charge on any atom is -0.426 e. The summed E-state index contributed by atoms with van der Waals surface area (Å²) in [5.41, 5.74) is 3.14. The molecule has 1 atom stereocenters. The number of amides is 1. The smallest absolute Gasteiger partial charge is 0.426 e. The molecule has 0 aliphatic carbocycles. The van der Waals surface area contributed by atoms with Crippen LogP contribution in [-0.2, 0) is 16.0 Å². The predicted molar refractivity (Wildman–Crippen MR) is 116 cm³/mol. The summed E-state index contributed by atoms with van der Waals surface area (Å²) in [6, 6.07) is 6.04. The minimum atomic E-state index is -5.74. The molecule has 35 heavy (non-hydrogen) atoms. The first kappa shape index (κ1) is 26.9. The molecule has 2 aliphatic rings. The van der Waals surface area contributed by atoms with E-state index in [4.69, 9.17) is 11.2 Å². The van der Waals surface area contributed by atoms with Crippen molar-refractivity contribution in [3.8, 4) is 12.3 Å². The molecule has 12 heteroatoms. The number of alkyl halides is 6. The summed E-state index contributed by atoms with van der Waals surface area (Å²) in [5, 5.41) is 0. The molecule has 2 aliphatic heterocycles. The van der Waals surface area contributed by atoms with Crippen LogP contribution in [0.3, 0.4) is 0 Å². The molecule has 1 aromatic carbocycles. The molecule has 2 fully saturated rings. The fourth-order valence-corrected chi connectivity index (χ4v) is 4.17. The van der Waals surface area contributed by atoms with Crippen LogP contribution < -0.4 is 4.90 Å². The first-order valence-electron chi connectivity index (χ1n) is 11.1. The van der Waals surface area contributed by atoms with Crippen LogP contribution in [0, 0.1) is 19.3 Å². The van der Waals surface area contributed by atoms with E-state index < -0.39 is 24.5 Å². The molecular formula is C23H27F6N3O3. The summed E-state index contributed by atoms with van der Waals surface area (Å²) in [7, 11) is 0. The predicted octanol–water partition coefficient (Wildman–Crippen LogP) is 3.97. The van der Waals surface area contributed by atoms with E-state index in [9.17, 15) is 31.1 Å². The molecule has 1 amide bonds. The molecule has 0 spiro atoms. The Kier molecular flexibility index (Phi) is 8.43. The second kappa shape index (κ2) is 11.0. The summed E-state index contributed by atoms with van der Waals surface area (Å²) >= 11 is 0. The molecule has 1 aromatic rings. The second-order valence-electron chi connectivity index (χ2n) is 8.61. The first-order chi connectivity index (χ1) is 16.4. The highest BCUT2D eigenvalue weighted by atomic mass is 19.4. The SMILES string of the molecule is C#CCO[C@H]1CCN(c2cc(C)ccc2CN2CCN(C(=O)OC(C(F)(F)F)C(F)(F)F)CC2)C1. The minimum absolute atomic E-state index is 0.0335. The van der Waals surface area contributed by atoms with Gasteiger partial charge >= 0.3 is 18.4 Å². The van der Waals surface area contributed by atoms with E-state index in [0.29, 0.717) is 13.1 Å². The molecule has 0 radical (unpaired) electrons. The number of hydrogen-bond donors (Lipinski definition) is 0. The number of carbonyl (C=O) groups excluding carboxylic acids is 1. The average molecular weight is 507 g/mol. The van der Waals surface area contributed by atoms with Crippen LogP contribution in [0.15, 0.2) is 18.2 Å². The average Bonchev–Trinajstić information content (AvgIpc) is 3.25. The van der Waals surface area contributed by atoms with Gasteiger partial charge in [0.25, 0.3) is 6.10 Å². The van der Waals surface area contributed by atoms with E-state index in [1.165, 1.54) is 0 Å². The number of halogens is 6. The van der Waals surface area contributed by atoms with Crippen molar-refractivity contribution in [1.82, 2.24) is 9.80 Å². The van der Waals surface area contributed by atoms with E-state index in [0.717, 1.165) is 34.7 Å². The monoisotopic (exact) mass is 507 g/mol. The lowest BCUT2D eigenvalue weighted by molar-refractivity contribution is -0.308. The number of terminal acetylenes is 1. The maximum Gasteiger partial charge on any atom is 0.434 e. The molecule has 2 saturated heterocycles. The third-order valence-corrected chi connectivity index (χ3v) is 5.97. The zero-order valence-corrected chi connectivity index (χ0v) is 19.2. The van der Waals surface area contributed by atoms with Crippen molar-refractivity contribution < 1.29 is 40.6 Å². The van der Waals surface area contributed by atoms with Crippen molar-refractivity contribution in [2.75, 3.05) is 50.8 Å². The lowest BCUT2D eigenvalue weighted by atomic mass is 10.1. The number of rotatable bonds is 6. The van der Waals surface area contributed by atoms with Crippen LogP contribution >= 0.6 is 0 Å². The third-order valence-electron chi connectivity index (χ3n) is 5.97. The molecule has 3 rings (SSSR count). The Labute approximate surface area is 199 Å². The zero-order chi connectivity index (χ0) is 25.8. The molecule has 0 unspecified atom stereocenters. The van der Waals surface area contributed by atoms with Gasteiger partial charge in [0, 0.05) is 51.5 Å². The summed E-state index contributed by atoms with van der Waals surface area (Å²) in [4.78, 5) is 17.1. The van der Waals surface area contributed by atoms with Crippen LogP contribution in [0.2, 0.25) is 0 Å². The van der Waals surface area contributed by atoms with E-state index in [1.807, 2.05) is 24.0 Å². The van der Waals surface area contributed by atoms with Gasteiger partial charge in [0.2, 0.25) is 0 Å². The lowest BCUT2D eigenvalue weighted by Crippen LogP contribution is -2.52. The molecule has 0 N–H and O–H groups in total. The second-order valence-corrected chi connectivity index (χ2v) is 8.61. The topological polar surface area (TPSA) is 45.2 Å². The maximum absolute atomic E-state index is 12.7. The summed E-state index contributed by atoms with van der Waals surface area (Å²) in [6.07, 6.45) is -11.1. The van der Waals surface area contributed by atoms with Gasteiger partial charge in [0.15, 0.2) is 0 Å². The zero-order valence-electron chi connectivity index (χ0n) is 19.2. The molecule has 0 aromatic heterocycles. The van der Waals surface area contributed by atoms with E-state index in [2.05, 4.69) is 21.6 Å². The molecular weight excluding hydrogens is 480 g/mol. The van der Waals surface area contributed by atoms with Crippen molar-refractivity contribution in [3.63, 3.8) is 0 Å². The number of anilines is 1. The standard InChI is InChI=1S/C23H27F6N3O3/c1-3-12-34-18-6-7-32(15-18)19-13-16(2)4-5-17(19)14-30-8-10-31(11-9-30)21(33)35-20(22(24,25)26)23(27,28)29/h1,4-5,13,18,20H,6-12,14-15H2,2H3/t18-/m0/s1. The van der Waals surface area contributed by atoms with Gasteiger partial charge in [-0.3, -0.25) is 4.90 Å². The Morgan fingerprint density at radius 3 is 2.37 bits per heavy atom.